The summed E-state index contributed by atoms with van der Waals surface area (Å²) in [5.74, 6) is 0.568. The van der Waals surface area contributed by atoms with Crippen LogP contribution in [0.15, 0.2) is 0 Å². The summed E-state index contributed by atoms with van der Waals surface area (Å²) in [6, 6.07) is 0.412. The molecule has 2 saturated carbocycles. The number of rotatable bonds is 3. The number of hydrogen-bond donors (Lipinski definition) is 2. The van der Waals surface area contributed by atoms with Gasteiger partial charge in [0, 0.05) is 31.1 Å². The van der Waals surface area contributed by atoms with E-state index in [4.69, 9.17) is 0 Å². The highest BCUT2D eigenvalue weighted by Crippen LogP contribution is 2.29. The topological polar surface area (TPSA) is 61.4 Å². The van der Waals surface area contributed by atoms with Gasteiger partial charge in [0.1, 0.15) is 0 Å². The van der Waals surface area contributed by atoms with Crippen LogP contribution < -0.4 is 10.6 Å². The molecule has 0 aromatic heterocycles. The minimum atomic E-state index is -0.0511. The zero-order chi connectivity index (χ0) is 14.7. The Morgan fingerprint density at radius 3 is 2.19 bits per heavy atom. The Morgan fingerprint density at radius 1 is 0.810 bits per heavy atom. The molecule has 2 N–H and O–H groups in total. The monoisotopic (exact) mass is 293 g/mol. The molecule has 3 fully saturated rings. The van der Waals surface area contributed by atoms with Crippen molar-refractivity contribution in [2.24, 2.45) is 5.92 Å². The van der Waals surface area contributed by atoms with E-state index < -0.39 is 0 Å². The number of urea groups is 1. The Balaban J connectivity index is 1.39. The second-order valence-corrected chi connectivity index (χ2v) is 6.85. The highest BCUT2D eigenvalue weighted by Gasteiger charge is 2.34. The number of amides is 3. The third kappa shape index (κ3) is 3.69. The van der Waals surface area contributed by atoms with Crippen molar-refractivity contribution in [2.45, 2.75) is 69.9 Å². The fraction of sp³-hybridized carbons (Fsp3) is 0.875. The molecule has 118 valence electrons. The first-order valence-corrected chi connectivity index (χ1v) is 8.58. The van der Waals surface area contributed by atoms with Crippen LogP contribution in [0, 0.1) is 5.92 Å². The Morgan fingerprint density at radius 2 is 1.52 bits per heavy atom. The lowest BCUT2D eigenvalue weighted by atomic mass is 9.84. The Bertz CT molecular complexity index is 389. The minimum absolute atomic E-state index is 0.0511. The van der Waals surface area contributed by atoms with Gasteiger partial charge in [-0.1, -0.05) is 25.7 Å². The maximum atomic E-state index is 12.2. The fourth-order valence-electron chi connectivity index (χ4n) is 3.65. The third-order valence-corrected chi connectivity index (χ3v) is 5.23. The van der Waals surface area contributed by atoms with E-state index in [-0.39, 0.29) is 18.0 Å². The molecule has 3 rings (SSSR count). The summed E-state index contributed by atoms with van der Waals surface area (Å²) in [5, 5.41) is 6.12. The van der Waals surface area contributed by atoms with Gasteiger partial charge in [0.15, 0.2) is 0 Å². The Labute approximate surface area is 126 Å². The lowest BCUT2D eigenvalue weighted by Gasteiger charge is -2.29. The first-order chi connectivity index (χ1) is 10.2. The average Bonchev–Trinajstić information content (AvgIpc) is 2.86. The quantitative estimate of drug-likeness (QED) is 0.836. The maximum Gasteiger partial charge on any atom is 0.315 e. The molecular weight excluding hydrogens is 266 g/mol. The van der Waals surface area contributed by atoms with Crippen LogP contribution in [0.4, 0.5) is 4.79 Å². The van der Waals surface area contributed by atoms with Crippen LogP contribution in [0.2, 0.25) is 0 Å². The number of carbonyl (C=O) groups excluding carboxylic acids is 2. The van der Waals surface area contributed by atoms with Crippen LogP contribution in [-0.4, -0.2) is 42.0 Å². The van der Waals surface area contributed by atoms with Crippen LogP contribution in [0.5, 0.6) is 0 Å². The molecule has 0 spiro atoms. The maximum absolute atomic E-state index is 12.2. The van der Waals surface area contributed by atoms with Gasteiger partial charge in [-0.2, -0.15) is 0 Å². The van der Waals surface area contributed by atoms with E-state index >= 15 is 0 Å². The normalized spacial score (nSPS) is 27.2. The van der Waals surface area contributed by atoms with E-state index in [1.807, 2.05) is 4.90 Å². The van der Waals surface area contributed by atoms with Crippen LogP contribution in [-0.2, 0) is 4.79 Å². The van der Waals surface area contributed by atoms with Crippen molar-refractivity contribution in [1.82, 2.24) is 15.5 Å². The molecule has 0 aromatic rings. The summed E-state index contributed by atoms with van der Waals surface area (Å²) < 4.78 is 0. The first kappa shape index (κ1) is 14.7. The summed E-state index contributed by atoms with van der Waals surface area (Å²) in [4.78, 5) is 26.1. The summed E-state index contributed by atoms with van der Waals surface area (Å²) in [6.07, 6.45) is 10.1. The van der Waals surface area contributed by atoms with Gasteiger partial charge in [0.25, 0.3) is 0 Å². The molecule has 21 heavy (non-hydrogen) atoms. The predicted molar refractivity (Wildman–Crippen MR) is 80.9 cm³/mol. The van der Waals surface area contributed by atoms with Crippen LogP contribution in [0.25, 0.3) is 0 Å². The summed E-state index contributed by atoms with van der Waals surface area (Å²) in [7, 11) is 0. The molecule has 1 aliphatic heterocycles. The van der Waals surface area contributed by atoms with Crippen LogP contribution in [0.3, 0.4) is 0 Å². The van der Waals surface area contributed by atoms with Crippen molar-refractivity contribution in [3.8, 4) is 0 Å². The van der Waals surface area contributed by atoms with Crippen molar-refractivity contribution in [2.75, 3.05) is 13.1 Å². The van der Waals surface area contributed by atoms with E-state index in [9.17, 15) is 9.59 Å². The van der Waals surface area contributed by atoms with E-state index in [0.717, 1.165) is 38.6 Å². The molecule has 1 atom stereocenters. The van der Waals surface area contributed by atoms with E-state index in [1.165, 1.54) is 25.7 Å². The van der Waals surface area contributed by atoms with Crippen molar-refractivity contribution in [3.63, 3.8) is 0 Å². The second-order valence-electron chi connectivity index (χ2n) is 6.85. The molecule has 0 bridgehead atoms. The van der Waals surface area contributed by atoms with Gasteiger partial charge in [-0.3, -0.25) is 4.79 Å². The molecular formula is C16H27N3O2. The van der Waals surface area contributed by atoms with Gasteiger partial charge in [-0.05, 0) is 32.1 Å². The lowest BCUT2D eigenvalue weighted by Crippen LogP contribution is -2.48. The fourth-order valence-corrected chi connectivity index (χ4v) is 3.65. The summed E-state index contributed by atoms with van der Waals surface area (Å²) in [6.45, 7) is 1.48. The van der Waals surface area contributed by atoms with E-state index in [0.29, 0.717) is 18.5 Å². The summed E-state index contributed by atoms with van der Waals surface area (Å²) >= 11 is 0. The number of nitrogens with one attached hydrogen (secondary N) is 2. The highest BCUT2D eigenvalue weighted by atomic mass is 16.2. The Kier molecular flexibility index (Phi) is 4.66. The number of carbonyl (C=O) groups is 2. The number of hydrogen-bond acceptors (Lipinski definition) is 2. The molecule has 1 unspecified atom stereocenters. The first-order valence-electron chi connectivity index (χ1n) is 8.58. The molecule has 1 heterocycles. The molecule has 3 aliphatic rings. The van der Waals surface area contributed by atoms with Crippen molar-refractivity contribution in [1.29, 1.82) is 0 Å². The van der Waals surface area contributed by atoms with Gasteiger partial charge in [-0.15, -0.1) is 0 Å². The Hall–Kier alpha value is -1.26. The van der Waals surface area contributed by atoms with Gasteiger partial charge < -0.3 is 15.5 Å². The van der Waals surface area contributed by atoms with Gasteiger partial charge in [0.05, 0.1) is 0 Å². The summed E-state index contributed by atoms with van der Waals surface area (Å²) in [5.41, 5.74) is 0. The molecule has 0 radical (unpaired) electrons. The highest BCUT2D eigenvalue weighted by molar-refractivity contribution is 5.80. The van der Waals surface area contributed by atoms with Gasteiger partial charge in [-0.25, -0.2) is 4.79 Å². The predicted octanol–water partition coefficient (Wildman–Crippen LogP) is 2.02. The van der Waals surface area contributed by atoms with Crippen molar-refractivity contribution < 1.29 is 9.59 Å². The third-order valence-electron chi connectivity index (χ3n) is 5.23. The lowest BCUT2D eigenvalue weighted by molar-refractivity contribution is -0.137. The minimum Gasteiger partial charge on any atom is -0.340 e. The average molecular weight is 293 g/mol. The van der Waals surface area contributed by atoms with Crippen molar-refractivity contribution in [3.05, 3.63) is 0 Å². The largest absolute Gasteiger partial charge is 0.340 e. The second kappa shape index (κ2) is 6.67. The molecule has 5 nitrogen and oxygen atoms in total. The van der Waals surface area contributed by atoms with Crippen molar-refractivity contribution >= 4 is 11.9 Å². The molecule has 3 amide bonds. The SMILES string of the molecule is O=C(NC1CCCCC1)NC1CCN(C(=O)C2CCC2)C1. The van der Waals surface area contributed by atoms with Gasteiger partial charge in [0.2, 0.25) is 5.91 Å². The zero-order valence-corrected chi connectivity index (χ0v) is 12.8. The van der Waals surface area contributed by atoms with Gasteiger partial charge >= 0.3 is 6.03 Å². The molecule has 2 aliphatic carbocycles. The van der Waals surface area contributed by atoms with E-state index in [2.05, 4.69) is 10.6 Å². The zero-order valence-electron chi connectivity index (χ0n) is 12.8. The molecule has 1 saturated heterocycles. The smallest absolute Gasteiger partial charge is 0.315 e. The van der Waals surface area contributed by atoms with Crippen LogP contribution in [0.1, 0.15) is 57.8 Å². The number of nitrogens with zero attached hydrogens (tertiary/aromatic N) is 1. The standard InChI is InChI=1S/C16H27N3O2/c20-15(12-5-4-6-12)19-10-9-14(11-19)18-16(21)17-13-7-2-1-3-8-13/h12-14H,1-11H2,(H2,17,18,21). The van der Waals surface area contributed by atoms with E-state index in [1.54, 1.807) is 0 Å². The molecule has 0 aromatic carbocycles. The number of likely N-dealkylation sites (tertiary alicyclic amines) is 1. The molecule has 5 heteroatoms. The van der Waals surface area contributed by atoms with Crippen LogP contribution >= 0.6 is 0 Å².